The summed E-state index contributed by atoms with van der Waals surface area (Å²) in [5.74, 6) is 1.84. The topological polar surface area (TPSA) is 21.3 Å². The van der Waals surface area contributed by atoms with Gasteiger partial charge >= 0.3 is 0 Å². The van der Waals surface area contributed by atoms with Gasteiger partial charge in [-0.3, -0.25) is 0 Å². The molecule has 106 valence electrons. The first-order valence-electron chi connectivity index (χ1n) is 7.69. The van der Waals surface area contributed by atoms with E-state index in [9.17, 15) is 0 Å². The van der Waals surface area contributed by atoms with Crippen LogP contribution in [0.3, 0.4) is 0 Å². The predicted molar refractivity (Wildman–Crippen MR) is 80.6 cm³/mol. The maximum absolute atomic E-state index is 6.17. The minimum absolute atomic E-state index is 0.388. The highest BCUT2D eigenvalue weighted by molar-refractivity contribution is 5.30. The first-order chi connectivity index (χ1) is 9.19. The Morgan fingerprint density at radius 3 is 2.95 bits per heavy atom. The van der Waals surface area contributed by atoms with Crippen molar-refractivity contribution in [3.05, 3.63) is 29.8 Å². The third kappa shape index (κ3) is 4.24. The summed E-state index contributed by atoms with van der Waals surface area (Å²) < 4.78 is 6.17. The molecule has 2 rings (SSSR count). The minimum Gasteiger partial charge on any atom is -0.490 e. The molecule has 1 fully saturated rings. The summed E-state index contributed by atoms with van der Waals surface area (Å²) in [6, 6.07) is 8.93. The van der Waals surface area contributed by atoms with Crippen LogP contribution in [0.4, 0.5) is 0 Å². The molecule has 3 unspecified atom stereocenters. The summed E-state index contributed by atoms with van der Waals surface area (Å²) in [7, 11) is 0. The lowest BCUT2D eigenvalue weighted by Crippen LogP contribution is -2.24. The van der Waals surface area contributed by atoms with Gasteiger partial charge in [0, 0.05) is 6.04 Å². The largest absolute Gasteiger partial charge is 0.490 e. The SMILES string of the molecule is CCNC(C)c1cccc(OC2CCCC(C)C2)c1. The van der Waals surface area contributed by atoms with Crippen LogP contribution in [0.1, 0.15) is 58.1 Å². The van der Waals surface area contributed by atoms with Gasteiger partial charge in [-0.25, -0.2) is 0 Å². The van der Waals surface area contributed by atoms with Gasteiger partial charge in [-0.2, -0.15) is 0 Å². The lowest BCUT2D eigenvalue weighted by atomic mass is 9.89. The van der Waals surface area contributed by atoms with Crippen LogP contribution in [-0.4, -0.2) is 12.6 Å². The molecule has 0 aliphatic heterocycles. The van der Waals surface area contributed by atoms with Crippen LogP contribution in [0.15, 0.2) is 24.3 Å². The van der Waals surface area contributed by atoms with Crippen LogP contribution in [0.25, 0.3) is 0 Å². The Labute approximate surface area is 117 Å². The van der Waals surface area contributed by atoms with Crippen molar-refractivity contribution in [3.8, 4) is 5.75 Å². The lowest BCUT2D eigenvalue weighted by molar-refractivity contribution is 0.129. The summed E-state index contributed by atoms with van der Waals surface area (Å²) in [6.45, 7) is 7.66. The average molecular weight is 261 g/mol. The fourth-order valence-corrected chi connectivity index (χ4v) is 2.96. The van der Waals surface area contributed by atoms with Gasteiger partial charge in [0.1, 0.15) is 5.75 Å². The van der Waals surface area contributed by atoms with E-state index in [0.717, 1.165) is 18.2 Å². The zero-order valence-electron chi connectivity index (χ0n) is 12.5. The molecule has 1 aromatic rings. The van der Waals surface area contributed by atoms with Gasteiger partial charge in [-0.15, -0.1) is 0 Å². The maximum atomic E-state index is 6.17. The predicted octanol–water partition coefficient (Wildman–Crippen LogP) is 4.31. The van der Waals surface area contributed by atoms with E-state index in [2.05, 4.69) is 50.4 Å². The van der Waals surface area contributed by atoms with Crippen LogP contribution < -0.4 is 10.1 Å². The van der Waals surface area contributed by atoms with Crippen LogP contribution in [0.5, 0.6) is 5.75 Å². The van der Waals surface area contributed by atoms with Gasteiger partial charge in [0.15, 0.2) is 0 Å². The van der Waals surface area contributed by atoms with E-state index in [4.69, 9.17) is 4.74 Å². The Bertz CT molecular complexity index is 391. The van der Waals surface area contributed by atoms with E-state index < -0.39 is 0 Å². The standard InChI is InChI=1S/C17H27NO/c1-4-18-14(3)15-8-6-10-17(12-15)19-16-9-5-7-13(2)11-16/h6,8,10,12-14,16,18H,4-5,7,9,11H2,1-3H3. The molecule has 0 bridgehead atoms. The molecule has 1 aliphatic rings. The van der Waals surface area contributed by atoms with E-state index in [1.165, 1.54) is 31.2 Å². The van der Waals surface area contributed by atoms with Crippen molar-refractivity contribution >= 4 is 0 Å². The molecular weight excluding hydrogens is 234 g/mol. The smallest absolute Gasteiger partial charge is 0.120 e. The van der Waals surface area contributed by atoms with Gasteiger partial charge in [-0.1, -0.05) is 32.4 Å². The number of benzene rings is 1. The number of hydrogen-bond acceptors (Lipinski definition) is 2. The molecule has 0 amide bonds. The highest BCUT2D eigenvalue weighted by Gasteiger charge is 2.20. The Morgan fingerprint density at radius 1 is 1.37 bits per heavy atom. The van der Waals surface area contributed by atoms with Crippen LogP contribution in [-0.2, 0) is 0 Å². The zero-order valence-corrected chi connectivity index (χ0v) is 12.5. The van der Waals surface area contributed by atoms with Crippen molar-refractivity contribution in [2.75, 3.05) is 6.54 Å². The van der Waals surface area contributed by atoms with Gasteiger partial charge in [0.05, 0.1) is 6.10 Å². The first kappa shape index (κ1) is 14.4. The van der Waals surface area contributed by atoms with Crippen molar-refractivity contribution in [1.29, 1.82) is 0 Å². The molecule has 3 atom stereocenters. The third-order valence-electron chi connectivity index (χ3n) is 4.06. The number of nitrogens with one attached hydrogen (secondary N) is 1. The van der Waals surface area contributed by atoms with Crippen molar-refractivity contribution < 1.29 is 4.74 Å². The Morgan fingerprint density at radius 2 is 2.21 bits per heavy atom. The van der Waals surface area contributed by atoms with E-state index in [1.54, 1.807) is 0 Å². The highest BCUT2D eigenvalue weighted by atomic mass is 16.5. The van der Waals surface area contributed by atoms with Crippen LogP contribution in [0, 0.1) is 5.92 Å². The van der Waals surface area contributed by atoms with Gasteiger partial charge in [0.2, 0.25) is 0 Å². The summed E-state index contributed by atoms with van der Waals surface area (Å²) >= 11 is 0. The van der Waals surface area contributed by atoms with Crippen molar-refractivity contribution in [1.82, 2.24) is 5.32 Å². The zero-order chi connectivity index (χ0) is 13.7. The number of hydrogen-bond donors (Lipinski definition) is 1. The van der Waals surface area contributed by atoms with Crippen LogP contribution in [0.2, 0.25) is 0 Å². The molecule has 2 heteroatoms. The molecule has 1 aliphatic carbocycles. The molecule has 19 heavy (non-hydrogen) atoms. The van der Waals surface area contributed by atoms with E-state index in [-0.39, 0.29) is 0 Å². The van der Waals surface area contributed by atoms with Gasteiger partial charge < -0.3 is 10.1 Å². The fourth-order valence-electron chi connectivity index (χ4n) is 2.96. The molecule has 2 nitrogen and oxygen atoms in total. The molecule has 0 spiro atoms. The van der Waals surface area contributed by atoms with E-state index >= 15 is 0 Å². The quantitative estimate of drug-likeness (QED) is 0.852. The molecule has 1 saturated carbocycles. The molecule has 0 saturated heterocycles. The fraction of sp³-hybridized carbons (Fsp3) is 0.647. The molecule has 1 N–H and O–H groups in total. The van der Waals surface area contributed by atoms with Gasteiger partial charge in [-0.05, 0) is 56.3 Å². The second-order valence-corrected chi connectivity index (χ2v) is 5.86. The maximum Gasteiger partial charge on any atom is 0.120 e. The normalized spacial score (nSPS) is 25.0. The van der Waals surface area contributed by atoms with Gasteiger partial charge in [0.25, 0.3) is 0 Å². The Hall–Kier alpha value is -1.02. The second-order valence-electron chi connectivity index (χ2n) is 5.86. The monoisotopic (exact) mass is 261 g/mol. The molecule has 0 aromatic heterocycles. The first-order valence-corrected chi connectivity index (χ1v) is 7.69. The summed E-state index contributed by atoms with van der Waals surface area (Å²) in [4.78, 5) is 0. The third-order valence-corrected chi connectivity index (χ3v) is 4.06. The Balaban J connectivity index is 1.98. The summed E-state index contributed by atoms with van der Waals surface area (Å²) in [5.41, 5.74) is 1.31. The highest BCUT2D eigenvalue weighted by Crippen LogP contribution is 2.28. The molecule has 0 heterocycles. The molecular formula is C17H27NO. The lowest BCUT2D eigenvalue weighted by Gasteiger charge is -2.27. The number of ether oxygens (including phenoxy) is 1. The van der Waals surface area contributed by atoms with E-state index in [1.807, 2.05) is 0 Å². The average Bonchev–Trinajstić information content (AvgIpc) is 2.39. The minimum atomic E-state index is 0.388. The summed E-state index contributed by atoms with van der Waals surface area (Å²) in [5, 5.41) is 3.44. The van der Waals surface area contributed by atoms with Crippen molar-refractivity contribution in [2.45, 2.75) is 58.6 Å². The van der Waals surface area contributed by atoms with Crippen molar-refractivity contribution in [3.63, 3.8) is 0 Å². The van der Waals surface area contributed by atoms with Crippen molar-refractivity contribution in [2.24, 2.45) is 5.92 Å². The summed E-state index contributed by atoms with van der Waals surface area (Å²) in [6.07, 6.45) is 5.48. The molecule has 0 radical (unpaired) electrons. The van der Waals surface area contributed by atoms with Crippen LogP contribution >= 0.6 is 0 Å². The van der Waals surface area contributed by atoms with E-state index in [0.29, 0.717) is 12.1 Å². The Kier molecular flexibility index (Phi) is 5.26. The molecule has 1 aromatic carbocycles. The second kappa shape index (κ2) is 6.95. The number of rotatable bonds is 5.